The van der Waals surface area contributed by atoms with Crippen molar-refractivity contribution in [1.29, 1.82) is 0 Å². The molecule has 0 fully saturated rings. The molecule has 1 aromatic carbocycles. The Morgan fingerprint density at radius 1 is 1.38 bits per heavy atom. The third-order valence-electron chi connectivity index (χ3n) is 1.87. The number of carbonyl (C=O) groups excluding carboxylic acids is 1. The van der Waals surface area contributed by atoms with Crippen LogP contribution in [0.2, 0.25) is 0 Å². The van der Waals surface area contributed by atoms with E-state index in [1.165, 1.54) is 6.92 Å². The molecule has 84 valence electrons. The van der Waals surface area contributed by atoms with E-state index in [0.717, 1.165) is 15.6 Å². The van der Waals surface area contributed by atoms with Gasteiger partial charge in [0.05, 0.1) is 0 Å². The summed E-state index contributed by atoms with van der Waals surface area (Å²) in [6.45, 7) is 1.31. The van der Waals surface area contributed by atoms with Crippen molar-refractivity contribution in [3.05, 3.63) is 35.2 Å². The molecule has 0 unspecified atom stereocenters. The van der Waals surface area contributed by atoms with Crippen LogP contribution < -0.4 is 4.89 Å². The highest BCUT2D eigenvalue weighted by atomic mass is 32.2. The molecule has 0 saturated heterocycles. The number of rotatable bonds is 3. The van der Waals surface area contributed by atoms with Gasteiger partial charge in [-0.3, -0.25) is 9.78 Å². The molecule has 16 heavy (non-hydrogen) atoms. The number of carbonyl (C=O) groups is 1. The van der Waals surface area contributed by atoms with Gasteiger partial charge in [0.2, 0.25) is 0 Å². The van der Waals surface area contributed by atoms with E-state index < -0.39 is 5.97 Å². The monoisotopic (exact) mass is 254 g/mol. The fraction of sp³-hybridized carbons (Fsp3) is 0.182. The van der Waals surface area contributed by atoms with Crippen LogP contribution in [0.3, 0.4) is 0 Å². The zero-order chi connectivity index (χ0) is 11.4. The molecule has 0 spiro atoms. The molecule has 1 heterocycles. The summed E-state index contributed by atoms with van der Waals surface area (Å²) >= 11 is 3.50. The molecule has 3 nitrogen and oxygen atoms in total. The van der Waals surface area contributed by atoms with Gasteiger partial charge in [0.1, 0.15) is 0 Å². The van der Waals surface area contributed by atoms with Gasteiger partial charge >= 0.3 is 5.97 Å². The molecule has 0 bridgehead atoms. The molecule has 2 rings (SSSR count). The lowest BCUT2D eigenvalue weighted by atomic mass is 10.2. The topological polar surface area (TPSA) is 35.5 Å². The van der Waals surface area contributed by atoms with Gasteiger partial charge in [0.25, 0.3) is 0 Å². The van der Waals surface area contributed by atoms with Crippen molar-refractivity contribution in [3.63, 3.8) is 0 Å². The van der Waals surface area contributed by atoms with Gasteiger partial charge in [-0.15, -0.1) is 23.5 Å². The van der Waals surface area contributed by atoms with Crippen molar-refractivity contribution in [2.24, 2.45) is 0 Å². The minimum absolute atomic E-state index is 0.461. The standard InChI is InChI=1S/C11H10O3S2/c1-8(12)13-14-10-5-3-2-4-9(10)11-6-15-7-16-11/h2-6H,7H2,1H3. The minimum atomic E-state index is -0.461. The highest BCUT2D eigenvalue weighted by Gasteiger charge is 2.14. The summed E-state index contributed by atoms with van der Waals surface area (Å²) < 4.78 is 0. The molecule has 1 aliphatic rings. The number of hydrogen-bond acceptors (Lipinski definition) is 5. The summed E-state index contributed by atoms with van der Waals surface area (Å²) in [5, 5.41) is 3.10. The second-order valence-electron chi connectivity index (χ2n) is 3.07. The largest absolute Gasteiger partial charge is 0.352 e. The second-order valence-corrected chi connectivity index (χ2v) is 5.31. The summed E-state index contributed by atoms with van der Waals surface area (Å²) in [5.41, 5.74) is 0.957. The first-order valence-corrected chi connectivity index (χ1v) is 6.70. The van der Waals surface area contributed by atoms with E-state index >= 15 is 0 Å². The molecule has 1 aromatic rings. The van der Waals surface area contributed by atoms with Crippen LogP contribution in [0.5, 0.6) is 5.75 Å². The summed E-state index contributed by atoms with van der Waals surface area (Å²) in [7, 11) is 0. The van der Waals surface area contributed by atoms with Gasteiger partial charge in [0, 0.05) is 22.5 Å². The molecular weight excluding hydrogens is 244 g/mol. The van der Waals surface area contributed by atoms with Crippen molar-refractivity contribution in [2.45, 2.75) is 6.92 Å². The molecule has 0 saturated carbocycles. The van der Waals surface area contributed by atoms with E-state index in [4.69, 9.17) is 4.89 Å². The lowest BCUT2D eigenvalue weighted by Crippen LogP contribution is -2.04. The molecule has 0 aromatic heterocycles. The Morgan fingerprint density at radius 3 is 2.88 bits per heavy atom. The predicted molar refractivity (Wildman–Crippen MR) is 66.9 cm³/mol. The summed E-state index contributed by atoms with van der Waals surface area (Å²) in [4.78, 5) is 21.4. The van der Waals surface area contributed by atoms with Crippen LogP contribution in [0.15, 0.2) is 29.7 Å². The predicted octanol–water partition coefficient (Wildman–Crippen LogP) is 3.28. The van der Waals surface area contributed by atoms with Crippen LogP contribution in [-0.2, 0) is 9.68 Å². The highest BCUT2D eigenvalue weighted by Crippen LogP contribution is 2.42. The lowest BCUT2D eigenvalue weighted by Gasteiger charge is -2.08. The molecular formula is C11H10O3S2. The Morgan fingerprint density at radius 2 is 2.19 bits per heavy atom. The normalized spacial score (nSPS) is 14.4. The Hall–Kier alpha value is -1.07. The van der Waals surface area contributed by atoms with Crippen molar-refractivity contribution in [3.8, 4) is 5.75 Å². The van der Waals surface area contributed by atoms with Crippen molar-refractivity contribution < 1.29 is 14.6 Å². The third-order valence-corrected chi connectivity index (χ3v) is 4.09. The van der Waals surface area contributed by atoms with Crippen LogP contribution in [0, 0.1) is 0 Å². The second kappa shape index (κ2) is 5.32. The van der Waals surface area contributed by atoms with Crippen molar-refractivity contribution >= 4 is 34.4 Å². The van der Waals surface area contributed by atoms with Gasteiger partial charge in [-0.2, -0.15) is 0 Å². The fourth-order valence-electron chi connectivity index (χ4n) is 1.23. The summed E-state index contributed by atoms with van der Waals surface area (Å²) in [5.74, 6) is 0.108. The Labute approximate surface area is 102 Å². The molecule has 0 atom stereocenters. The fourth-order valence-corrected chi connectivity index (χ4v) is 3.36. The maximum atomic E-state index is 10.7. The quantitative estimate of drug-likeness (QED) is 0.611. The van der Waals surface area contributed by atoms with Crippen LogP contribution in [0.1, 0.15) is 12.5 Å². The molecule has 0 amide bonds. The van der Waals surface area contributed by atoms with Gasteiger partial charge in [-0.25, -0.2) is 4.79 Å². The first kappa shape index (κ1) is 11.4. The van der Waals surface area contributed by atoms with Gasteiger partial charge in [-0.1, -0.05) is 12.1 Å². The number of para-hydroxylation sites is 1. The first-order valence-electron chi connectivity index (χ1n) is 4.66. The lowest BCUT2D eigenvalue weighted by molar-refractivity contribution is -0.210. The Balaban J connectivity index is 2.20. The molecule has 5 heteroatoms. The van der Waals surface area contributed by atoms with Crippen LogP contribution in [-0.4, -0.2) is 11.1 Å². The van der Waals surface area contributed by atoms with E-state index in [1.807, 2.05) is 18.2 Å². The highest BCUT2D eigenvalue weighted by molar-refractivity contribution is 8.25. The maximum Gasteiger partial charge on any atom is 0.352 e. The zero-order valence-corrected chi connectivity index (χ0v) is 10.3. The Kier molecular flexibility index (Phi) is 3.79. The van der Waals surface area contributed by atoms with E-state index in [0.29, 0.717) is 5.75 Å². The first-order chi connectivity index (χ1) is 7.77. The van der Waals surface area contributed by atoms with E-state index in [1.54, 1.807) is 29.6 Å². The van der Waals surface area contributed by atoms with Crippen LogP contribution in [0.4, 0.5) is 0 Å². The molecule has 0 radical (unpaired) electrons. The number of hydrogen-bond donors (Lipinski definition) is 0. The van der Waals surface area contributed by atoms with E-state index in [2.05, 4.69) is 10.3 Å². The summed E-state index contributed by atoms with van der Waals surface area (Å²) in [6.07, 6.45) is 0. The van der Waals surface area contributed by atoms with Gasteiger partial charge < -0.3 is 0 Å². The average molecular weight is 254 g/mol. The smallest absolute Gasteiger partial charge is 0.286 e. The third kappa shape index (κ3) is 2.74. The van der Waals surface area contributed by atoms with E-state index in [-0.39, 0.29) is 0 Å². The maximum absolute atomic E-state index is 10.7. The van der Waals surface area contributed by atoms with E-state index in [9.17, 15) is 4.79 Å². The van der Waals surface area contributed by atoms with Crippen molar-refractivity contribution in [1.82, 2.24) is 0 Å². The zero-order valence-electron chi connectivity index (χ0n) is 8.64. The molecule has 0 aliphatic carbocycles. The Bertz CT molecular complexity index is 429. The van der Waals surface area contributed by atoms with Gasteiger partial charge in [0.15, 0.2) is 5.75 Å². The average Bonchev–Trinajstić information content (AvgIpc) is 2.80. The van der Waals surface area contributed by atoms with Crippen LogP contribution >= 0.6 is 23.5 Å². The SMILES string of the molecule is CC(=O)OOc1ccccc1C1=CSCS1. The minimum Gasteiger partial charge on any atom is -0.286 e. The van der Waals surface area contributed by atoms with Crippen LogP contribution in [0.25, 0.3) is 4.91 Å². The van der Waals surface area contributed by atoms with Crippen molar-refractivity contribution in [2.75, 3.05) is 5.08 Å². The number of benzene rings is 1. The number of thioether (sulfide) groups is 2. The van der Waals surface area contributed by atoms with Gasteiger partial charge in [-0.05, 0) is 17.5 Å². The molecule has 0 N–H and O–H groups in total. The molecule has 1 aliphatic heterocycles. The summed E-state index contributed by atoms with van der Waals surface area (Å²) in [6, 6.07) is 7.50.